The zero-order chi connectivity index (χ0) is 15.0. The fourth-order valence-corrected chi connectivity index (χ4v) is 4.80. The number of aryl methyl sites for hydroxylation is 1. The van der Waals surface area contributed by atoms with Crippen molar-refractivity contribution in [2.24, 2.45) is 0 Å². The third-order valence-corrected chi connectivity index (χ3v) is 7.17. The molecule has 4 nitrogen and oxygen atoms in total. The van der Waals surface area contributed by atoms with Crippen LogP contribution < -0.4 is 0 Å². The second-order valence-corrected chi connectivity index (χ2v) is 8.84. The number of halogens is 1. The fraction of sp³-hybridized carbons (Fsp3) is 0.571. The highest BCUT2D eigenvalue weighted by atomic mass is 79.9. The lowest BCUT2D eigenvalue weighted by atomic mass is 9.84. The molecule has 1 N–H and O–H groups in total. The Balaban J connectivity index is 2.18. The van der Waals surface area contributed by atoms with Crippen molar-refractivity contribution in [1.82, 2.24) is 3.33 Å². The standard InChI is InChI=1S/C14H20BrNO3S/c1-11-4-3-5-13(10-11)20(18,19)16(15)12-6-8-14(2,17)9-7-12/h3-5,10,12,17H,6-9H2,1-2H3. The Morgan fingerprint density at radius 1 is 1.35 bits per heavy atom. The predicted octanol–water partition coefficient (Wildman–Crippen LogP) is 2.99. The van der Waals surface area contributed by atoms with Crippen LogP contribution in [0.1, 0.15) is 38.2 Å². The summed E-state index contributed by atoms with van der Waals surface area (Å²) in [4.78, 5) is 0.298. The lowest BCUT2D eigenvalue weighted by molar-refractivity contribution is 0.0120. The van der Waals surface area contributed by atoms with Gasteiger partial charge in [-0.15, -0.1) is 3.33 Å². The molecule has 0 atom stereocenters. The third-order valence-electron chi connectivity index (χ3n) is 3.84. The molecule has 2 rings (SSSR count). The van der Waals surface area contributed by atoms with Gasteiger partial charge < -0.3 is 5.11 Å². The molecule has 0 aromatic heterocycles. The van der Waals surface area contributed by atoms with Crippen LogP contribution in [0.4, 0.5) is 0 Å². The minimum Gasteiger partial charge on any atom is -0.390 e. The van der Waals surface area contributed by atoms with Gasteiger partial charge >= 0.3 is 0 Å². The summed E-state index contributed by atoms with van der Waals surface area (Å²) in [6.07, 6.45) is 2.54. The van der Waals surface area contributed by atoms with Crippen molar-refractivity contribution < 1.29 is 13.5 Å². The molecule has 0 radical (unpaired) electrons. The Hall–Kier alpha value is -0.430. The minimum atomic E-state index is -3.53. The van der Waals surface area contributed by atoms with Gasteiger partial charge in [0.1, 0.15) is 0 Å². The zero-order valence-electron chi connectivity index (χ0n) is 11.7. The van der Waals surface area contributed by atoms with Crippen molar-refractivity contribution in [2.75, 3.05) is 0 Å². The van der Waals surface area contributed by atoms with Gasteiger partial charge in [0.25, 0.3) is 10.0 Å². The molecule has 0 aliphatic heterocycles. The van der Waals surface area contributed by atoms with Gasteiger partial charge in [0.05, 0.1) is 10.5 Å². The molecule has 1 aliphatic rings. The molecular formula is C14H20BrNO3S. The SMILES string of the molecule is Cc1cccc(S(=O)(=O)N(Br)C2CCC(C)(O)CC2)c1. The Bertz CT molecular complexity index is 576. The van der Waals surface area contributed by atoms with E-state index in [1.807, 2.05) is 13.0 Å². The maximum Gasteiger partial charge on any atom is 0.252 e. The van der Waals surface area contributed by atoms with E-state index in [0.29, 0.717) is 30.6 Å². The van der Waals surface area contributed by atoms with Crippen molar-refractivity contribution in [1.29, 1.82) is 0 Å². The van der Waals surface area contributed by atoms with Gasteiger partial charge in [-0.1, -0.05) is 12.1 Å². The lowest BCUT2D eigenvalue weighted by Crippen LogP contribution is -2.40. The molecule has 0 amide bonds. The number of rotatable bonds is 3. The van der Waals surface area contributed by atoms with Crippen LogP contribution in [0.2, 0.25) is 0 Å². The zero-order valence-corrected chi connectivity index (χ0v) is 14.1. The first-order valence-electron chi connectivity index (χ1n) is 6.72. The van der Waals surface area contributed by atoms with E-state index in [4.69, 9.17) is 0 Å². The van der Waals surface area contributed by atoms with Crippen LogP contribution >= 0.6 is 16.1 Å². The van der Waals surface area contributed by atoms with Crippen molar-refractivity contribution in [3.05, 3.63) is 29.8 Å². The molecule has 0 spiro atoms. The van der Waals surface area contributed by atoms with Crippen LogP contribution in [-0.4, -0.2) is 28.5 Å². The molecule has 1 aromatic rings. The van der Waals surface area contributed by atoms with Crippen LogP contribution in [0.3, 0.4) is 0 Å². The highest BCUT2D eigenvalue weighted by Crippen LogP contribution is 2.34. The van der Waals surface area contributed by atoms with Gasteiger partial charge in [-0.2, -0.15) is 0 Å². The monoisotopic (exact) mass is 361 g/mol. The molecule has 112 valence electrons. The van der Waals surface area contributed by atoms with Gasteiger partial charge in [-0.05, 0) is 57.2 Å². The summed E-state index contributed by atoms with van der Waals surface area (Å²) in [5, 5.41) is 9.95. The van der Waals surface area contributed by atoms with Gasteiger partial charge in [-0.25, -0.2) is 8.42 Å². The normalized spacial score (nSPS) is 27.8. The van der Waals surface area contributed by atoms with E-state index in [0.717, 1.165) is 5.56 Å². The summed E-state index contributed by atoms with van der Waals surface area (Å²) in [5.41, 5.74) is 0.246. The van der Waals surface area contributed by atoms with Crippen molar-refractivity contribution in [2.45, 2.75) is 56.1 Å². The second-order valence-electron chi connectivity index (χ2n) is 5.79. The van der Waals surface area contributed by atoms with Crippen LogP contribution in [0, 0.1) is 6.92 Å². The van der Waals surface area contributed by atoms with E-state index >= 15 is 0 Å². The first-order valence-corrected chi connectivity index (χ1v) is 8.87. The number of aliphatic hydroxyl groups is 1. The lowest BCUT2D eigenvalue weighted by Gasteiger charge is -2.35. The second kappa shape index (κ2) is 5.75. The van der Waals surface area contributed by atoms with Gasteiger partial charge in [0.2, 0.25) is 0 Å². The maximum atomic E-state index is 12.6. The highest BCUT2D eigenvalue weighted by molar-refractivity contribution is 9.08. The Morgan fingerprint density at radius 2 is 1.95 bits per heavy atom. The summed E-state index contributed by atoms with van der Waals surface area (Å²) in [6, 6.07) is 6.78. The number of benzene rings is 1. The first-order chi connectivity index (χ1) is 9.22. The molecule has 6 heteroatoms. The van der Waals surface area contributed by atoms with E-state index in [9.17, 15) is 13.5 Å². The molecule has 1 aromatic carbocycles. The van der Waals surface area contributed by atoms with Crippen molar-refractivity contribution in [3.63, 3.8) is 0 Å². The molecule has 1 saturated carbocycles. The fourth-order valence-electron chi connectivity index (χ4n) is 2.50. The average molecular weight is 362 g/mol. The Labute approximate surface area is 129 Å². The molecule has 0 unspecified atom stereocenters. The van der Waals surface area contributed by atoms with Crippen LogP contribution in [-0.2, 0) is 10.0 Å². The molecule has 20 heavy (non-hydrogen) atoms. The van der Waals surface area contributed by atoms with E-state index in [-0.39, 0.29) is 6.04 Å². The smallest absolute Gasteiger partial charge is 0.252 e. The quantitative estimate of drug-likeness (QED) is 0.841. The number of nitrogens with zero attached hydrogens (tertiary/aromatic N) is 1. The molecular weight excluding hydrogens is 342 g/mol. The topological polar surface area (TPSA) is 57.6 Å². The van der Waals surface area contributed by atoms with Gasteiger partial charge in [0, 0.05) is 22.2 Å². The molecule has 1 aliphatic carbocycles. The van der Waals surface area contributed by atoms with E-state index in [1.165, 1.54) is 3.33 Å². The Kier molecular flexibility index (Phi) is 4.59. The van der Waals surface area contributed by atoms with Crippen LogP contribution in [0.5, 0.6) is 0 Å². The summed E-state index contributed by atoms with van der Waals surface area (Å²) in [5.74, 6) is 0. The summed E-state index contributed by atoms with van der Waals surface area (Å²) in [7, 11) is -3.53. The van der Waals surface area contributed by atoms with Crippen LogP contribution in [0.25, 0.3) is 0 Å². The average Bonchev–Trinajstić information content (AvgIpc) is 2.38. The van der Waals surface area contributed by atoms with Crippen molar-refractivity contribution >= 4 is 26.2 Å². The number of hydrogen-bond acceptors (Lipinski definition) is 3. The highest BCUT2D eigenvalue weighted by Gasteiger charge is 2.36. The van der Waals surface area contributed by atoms with Crippen molar-refractivity contribution in [3.8, 4) is 0 Å². The van der Waals surface area contributed by atoms with Crippen LogP contribution in [0.15, 0.2) is 29.2 Å². The minimum absolute atomic E-state index is 0.110. The van der Waals surface area contributed by atoms with E-state index < -0.39 is 15.6 Å². The van der Waals surface area contributed by atoms with E-state index in [2.05, 4.69) is 16.1 Å². The summed E-state index contributed by atoms with van der Waals surface area (Å²) in [6.45, 7) is 3.67. The third kappa shape index (κ3) is 3.42. The predicted molar refractivity (Wildman–Crippen MR) is 82.0 cm³/mol. The number of hydrogen-bond donors (Lipinski definition) is 1. The van der Waals surface area contributed by atoms with Gasteiger partial charge in [0.15, 0.2) is 0 Å². The summed E-state index contributed by atoms with van der Waals surface area (Å²) < 4.78 is 26.4. The molecule has 1 fully saturated rings. The molecule has 0 bridgehead atoms. The number of sulfonamides is 1. The molecule has 0 heterocycles. The molecule has 0 saturated heterocycles. The Morgan fingerprint density at radius 3 is 2.50 bits per heavy atom. The summed E-state index contributed by atoms with van der Waals surface area (Å²) >= 11 is 3.22. The largest absolute Gasteiger partial charge is 0.390 e. The van der Waals surface area contributed by atoms with E-state index in [1.54, 1.807) is 25.1 Å². The first kappa shape index (κ1) is 15.9. The maximum absolute atomic E-state index is 12.6. The van der Waals surface area contributed by atoms with Gasteiger partial charge in [-0.3, -0.25) is 0 Å².